The molecule has 0 saturated carbocycles. The molecule has 98 valence electrons. The minimum Gasteiger partial charge on any atom is -0.354 e. The third-order valence-electron chi connectivity index (χ3n) is 3.52. The van der Waals surface area contributed by atoms with E-state index >= 15 is 0 Å². The maximum Gasteiger partial charge on any atom is 0.0494 e. The molecule has 0 amide bonds. The SMILES string of the molecule is Cc1cccc(-c2[nH]c3ccc(C)cc3c2C)c1.N. The Kier molecular flexibility index (Phi) is 3.45. The van der Waals surface area contributed by atoms with E-state index in [1.807, 2.05) is 0 Å². The van der Waals surface area contributed by atoms with Gasteiger partial charge in [0.2, 0.25) is 0 Å². The van der Waals surface area contributed by atoms with E-state index in [-0.39, 0.29) is 6.15 Å². The van der Waals surface area contributed by atoms with Crippen LogP contribution in [0.3, 0.4) is 0 Å². The molecule has 0 unspecified atom stereocenters. The number of benzene rings is 2. The second-order valence-corrected chi connectivity index (χ2v) is 5.04. The van der Waals surface area contributed by atoms with Gasteiger partial charge in [-0.15, -0.1) is 0 Å². The minimum absolute atomic E-state index is 0. The molecular formula is C17H20N2. The zero-order valence-electron chi connectivity index (χ0n) is 11.7. The summed E-state index contributed by atoms with van der Waals surface area (Å²) in [5.41, 5.74) is 7.65. The van der Waals surface area contributed by atoms with Gasteiger partial charge in [0.25, 0.3) is 0 Å². The van der Waals surface area contributed by atoms with Crippen molar-refractivity contribution in [3.8, 4) is 11.3 Å². The Hall–Kier alpha value is -2.06. The normalized spacial score (nSPS) is 10.5. The highest BCUT2D eigenvalue weighted by molar-refractivity contribution is 5.90. The molecule has 3 aromatic rings. The van der Waals surface area contributed by atoms with E-state index in [0.717, 1.165) is 0 Å². The van der Waals surface area contributed by atoms with Crippen LogP contribution in [0.5, 0.6) is 0 Å². The van der Waals surface area contributed by atoms with E-state index < -0.39 is 0 Å². The fourth-order valence-corrected chi connectivity index (χ4v) is 2.53. The van der Waals surface area contributed by atoms with Crippen molar-refractivity contribution in [1.82, 2.24) is 11.1 Å². The summed E-state index contributed by atoms with van der Waals surface area (Å²) >= 11 is 0. The van der Waals surface area contributed by atoms with Crippen LogP contribution in [0.4, 0.5) is 0 Å². The molecule has 0 bridgehead atoms. The highest BCUT2D eigenvalue weighted by Crippen LogP contribution is 2.30. The van der Waals surface area contributed by atoms with Crippen molar-refractivity contribution < 1.29 is 0 Å². The molecule has 3 rings (SSSR count). The van der Waals surface area contributed by atoms with E-state index in [4.69, 9.17) is 0 Å². The molecule has 0 aliphatic carbocycles. The lowest BCUT2D eigenvalue weighted by Crippen LogP contribution is -1.81. The average molecular weight is 252 g/mol. The minimum atomic E-state index is 0. The number of aromatic nitrogens is 1. The quantitative estimate of drug-likeness (QED) is 0.634. The summed E-state index contributed by atoms with van der Waals surface area (Å²) in [5.74, 6) is 0. The fraction of sp³-hybridized carbons (Fsp3) is 0.176. The van der Waals surface area contributed by atoms with Crippen molar-refractivity contribution >= 4 is 10.9 Å². The summed E-state index contributed by atoms with van der Waals surface area (Å²) in [4.78, 5) is 3.53. The summed E-state index contributed by atoms with van der Waals surface area (Å²) < 4.78 is 0. The van der Waals surface area contributed by atoms with E-state index in [0.29, 0.717) is 0 Å². The van der Waals surface area contributed by atoms with Gasteiger partial charge < -0.3 is 11.1 Å². The van der Waals surface area contributed by atoms with Gasteiger partial charge >= 0.3 is 0 Å². The summed E-state index contributed by atoms with van der Waals surface area (Å²) in [6.07, 6.45) is 0. The van der Waals surface area contributed by atoms with Crippen LogP contribution in [-0.4, -0.2) is 4.98 Å². The number of hydrogen-bond acceptors (Lipinski definition) is 1. The van der Waals surface area contributed by atoms with Crippen molar-refractivity contribution in [3.05, 3.63) is 59.2 Å². The molecule has 2 nitrogen and oxygen atoms in total. The van der Waals surface area contributed by atoms with Crippen molar-refractivity contribution in [2.75, 3.05) is 0 Å². The number of nitrogens with one attached hydrogen (secondary N) is 1. The Morgan fingerprint density at radius 2 is 1.58 bits per heavy atom. The fourth-order valence-electron chi connectivity index (χ4n) is 2.53. The Bertz CT molecular complexity index is 723. The number of hydrogen-bond donors (Lipinski definition) is 2. The van der Waals surface area contributed by atoms with Crippen LogP contribution in [0.15, 0.2) is 42.5 Å². The molecule has 0 aliphatic heterocycles. The standard InChI is InChI=1S/C17H17N.H3N/c1-11-5-4-6-14(9-11)17-13(3)15-10-12(2)7-8-16(15)18-17;/h4-10,18H,1-3H3;1H3. The molecule has 2 heteroatoms. The molecule has 0 spiro atoms. The van der Waals surface area contributed by atoms with Crippen LogP contribution in [0.25, 0.3) is 22.2 Å². The van der Waals surface area contributed by atoms with Gasteiger partial charge in [-0.2, -0.15) is 0 Å². The van der Waals surface area contributed by atoms with Gasteiger partial charge in [-0.25, -0.2) is 0 Å². The summed E-state index contributed by atoms with van der Waals surface area (Å²) in [6.45, 7) is 6.46. The molecule has 0 fully saturated rings. The Labute approximate surface area is 114 Å². The van der Waals surface area contributed by atoms with E-state index in [1.165, 1.54) is 38.9 Å². The monoisotopic (exact) mass is 252 g/mol. The highest BCUT2D eigenvalue weighted by atomic mass is 14.7. The van der Waals surface area contributed by atoms with Crippen molar-refractivity contribution in [2.45, 2.75) is 20.8 Å². The molecule has 0 radical (unpaired) electrons. The van der Waals surface area contributed by atoms with Gasteiger partial charge in [0.1, 0.15) is 0 Å². The largest absolute Gasteiger partial charge is 0.354 e. The Morgan fingerprint density at radius 3 is 2.32 bits per heavy atom. The first-order chi connectivity index (χ1) is 8.65. The van der Waals surface area contributed by atoms with Crippen LogP contribution in [0.2, 0.25) is 0 Å². The molecule has 0 atom stereocenters. The molecule has 1 heterocycles. The first kappa shape index (κ1) is 13.4. The van der Waals surface area contributed by atoms with Gasteiger partial charge in [0.05, 0.1) is 0 Å². The summed E-state index contributed by atoms with van der Waals surface area (Å²) in [5, 5.41) is 1.33. The van der Waals surface area contributed by atoms with Crippen LogP contribution < -0.4 is 6.15 Å². The molecule has 19 heavy (non-hydrogen) atoms. The predicted molar refractivity (Wildman–Crippen MR) is 83.0 cm³/mol. The first-order valence-corrected chi connectivity index (χ1v) is 6.31. The molecular weight excluding hydrogens is 232 g/mol. The van der Waals surface area contributed by atoms with Gasteiger partial charge in [-0.05, 0) is 50.1 Å². The Balaban J connectivity index is 0.00000133. The van der Waals surface area contributed by atoms with Crippen LogP contribution >= 0.6 is 0 Å². The van der Waals surface area contributed by atoms with Crippen LogP contribution in [0.1, 0.15) is 16.7 Å². The topological polar surface area (TPSA) is 50.8 Å². The summed E-state index contributed by atoms with van der Waals surface area (Å²) in [6, 6.07) is 15.2. The smallest absolute Gasteiger partial charge is 0.0494 e. The lowest BCUT2D eigenvalue weighted by atomic mass is 10.0. The maximum atomic E-state index is 3.53. The van der Waals surface area contributed by atoms with E-state index in [9.17, 15) is 0 Å². The van der Waals surface area contributed by atoms with Crippen LogP contribution in [-0.2, 0) is 0 Å². The second-order valence-electron chi connectivity index (χ2n) is 5.04. The molecule has 2 aromatic carbocycles. The first-order valence-electron chi connectivity index (χ1n) is 6.31. The third-order valence-corrected chi connectivity index (χ3v) is 3.52. The van der Waals surface area contributed by atoms with Gasteiger partial charge in [0, 0.05) is 16.6 Å². The molecule has 0 aliphatic rings. The number of aryl methyl sites for hydroxylation is 3. The number of fused-ring (bicyclic) bond motifs is 1. The van der Waals surface area contributed by atoms with Crippen LogP contribution in [0, 0.1) is 20.8 Å². The highest BCUT2D eigenvalue weighted by Gasteiger charge is 2.09. The van der Waals surface area contributed by atoms with Crippen molar-refractivity contribution in [1.29, 1.82) is 0 Å². The molecule has 1 aromatic heterocycles. The zero-order chi connectivity index (χ0) is 12.7. The summed E-state index contributed by atoms with van der Waals surface area (Å²) in [7, 11) is 0. The number of rotatable bonds is 1. The molecule has 0 saturated heterocycles. The lowest BCUT2D eigenvalue weighted by molar-refractivity contribution is 1.38. The van der Waals surface area contributed by atoms with Gasteiger partial charge in [-0.1, -0.05) is 35.4 Å². The predicted octanol–water partition coefficient (Wildman–Crippen LogP) is 4.92. The van der Waals surface area contributed by atoms with Gasteiger partial charge in [0.15, 0.2) is 0 Å². The maximum absolute atomic E-state index is 3.53. The average Bonchev–Trinajstić information content (AvgIpc) is 2.67. The lowest BCUT2D eigenvalue weighted by Gasteiger charge is -2.01. The number of aromatic amines is 1. The number of H-pyrrole nitrogens is 1. The molecule has 4 N–H and O–H groups in total. The second kappa shape index (κ2) is 4.90. The Morgan fingerprint density at radius 1 is 0.842 bits per heavy atom. The van der Waals surface area contributed by atoms with Gasteiger partial charge in [-0.3, -0.25) is 0 Å². The zero-order valence-corrected chi connectivity index (χ0v) is 11.7. The van der Waals surface area contributed by atoms with E-state index in [1.54, 1.807) is 0 Å². The van der Waals surface area contributed by atoms with E-state index in [2.05, 4.69) is 68.2 Å². The van der Waals surface area contributed by atoms with Crippen molar-refractivity contribution in [3.63, 3.8) is 0 Å². The van der Waals surface area contributed by atoms with Crippen molar-refractivity contribution in [2.24, 2.45) is 0 Å². The third kappa shape index (κ3) is 2.27.